The summed E-state index contributed by atoms with van der Waals surface area (Å²) in [7, 11) is 0. The number of nitrogens with two attached hydrogens (primary N) is 1. The molecule has 374 valence electrons. The topological polar surface area (TPSA) is 218 Å². The fourth-order valence-corrected chi connectivity index (χ4v) is 8.03. The number of hydrogen-bond donors (Lipinski definition) is 6. The van der Waals surface area contributed by atoms with Gasteiger partial charge < -0.3 is 42.0 Å². The van der Waals surface area contributed by atoms with Crippen molar-refractivity contribution in [2.45, 2.75) is 178 Å². The van der Waals surface area contributed by atoms with E-state index in [1.807, 2.05) is 39.5 Å². The van der Waals surface area contributed by atoms with Crippen LogP contribution < -0.4 is 32.3 Å². The number of benzene rings is 1. The molecule has 1 saturated carbocycles. The Balaban J connectivity index is 0.00000220. The van der Waals surface area contributed by atoms with Crippen molar-refractivity contribution in [2.24, 2.45) is 40.7 Å². The first kappa shape index (κ1) is 59.1. The molecule has 2 atom stereocenters. The largest absolute Gasteiger partial charge is 0.461 e. The van der Waals surface area contributed by atoms with Gasteiger partial charge in [0.25, 0.3) is 0 Å². The van der Waals surface area contributed by atoms with E-state index in [4.69, 9.17) is 10.5 Å². The highest BCUT2D eigenvalue weighted by Gasteiger charge is 2.40. The molecule has 0 spiro atoms. The molecule has 1 saturated heterocycles. The molecule has 1 aromatic rings. The van der Waals surface area contributed by atoms with Crippen LogP contribution in [0.1, 0.15) is 166 Å². The highest BCUT2D eigenvalue weighted by molar-refractivity contribution is 5.96. The molecule has 2 fully saturated rings. The Bertz CT molecular complexity index is 1720. The van der Waals surface area contributed by atoms with Crippen LogP contribution in [0.4, 0.5) is 10.5 Å². The Morgan fingerprint density at radius 1 is 0.879 bits per heavy atom. The minimum atomic E-state index is -0.767. The summed E-state index contributed by atoms with van der Waals surface area (Å²) in [5.74, 6) is 0.188. The van der Waals surface area contributed by atoms with E-state index in [1.165, 1.54) is 6.92 Å². The molecule has 2 aliphatic rings. The summed E-state index contributed by atoms with van der Waals surface area (Å²) < 4.78 is 4.97. The number of rotatable bonds is 25. The number of carbonyl (C=O) groups is 7. The summed E-state index contributed by atoms with van der Waals surface area (Å²) in [6.07, 6.45) is 9.88. The van der Waals surface area contributed by atoms with Gasteiger partial charge in [0.15, 0.2) is 0 Å². The summed E-state index contributed by atoms with van der Waals surface area (Å²) in [6, 6.07) is 5.65. The molecule has 7 N–H and O–H groups in total. The van der Waals surface area contributed by atoms with E-state index in [0.717, 1.165) is 69.0 Å². The second-order valence-corrected chi connectivity index (χ2v) is 19.7. The molecular weight excluding hydrogens is 839 g/mol. The average molecular weight is 926 g/mol. The molecular formula is C51H87N7O8. The summed E-state index contributed by atoms with van der Waals surface area (Å²) in [4.78, 5) is 86.7. The van der Waals surface area contributed by atoms with E-state index in [9.17, 15) is 33.6 Å². The third-order valence-electron chi connectivity index (χ3n) is 12.4. The third kappa shape index (κ3) is 22.5. The molecule has 3 rings (SSSR count). The number of urea groups is 1. The molecule has 7 amide bonds. The molecule has 66 heavy (non-hydrogen) atoms. The van der Waals surface area contributed by atoms with E-state index in [2.05, 4.69) is 74.7 Å². The smallest absolute Gasteiger partial charge is 0.312 e. The highest BCUT2D eigenvalue weighted by Crippen LogP contribution is 2.49. The van der Waals surface area contributed by atoms with Crippen LogP contribution in [-0.4, -0.2) is 77.7 Å². The Morgan fingerprint density at radius 2 is 1.52 bits per heavy atom. The molecule has 1 aliphatic carbocycles. The van der Waals surface area contributed by atoms with Crippen molar-refractivity contribution in [3.63, 3.8) is 0 Å². The van der Waals surface area contributed by atoms with Gasteiger partial charge in [-0.3, -0.25) is 28.8 Å². The number of likely N-dealkylation sites (tertiary alicyclic amines) is 1. The van der Waals surface area contributed by atoms with Gasteiger partial charge in [-0.1, -0.05) is 87.4 Å². The molecule has 15 nitrogen and oxygen atoms in total. The van der Waals surface area contributed by atoms with Crippen LogP contribution >= 0.6 is 0 Å². The lowest BCUT2D eigenvalue weighted by Crippen LogP contribution is -2.51. The molecule has 15 heteroatoms. The quantitative estimate of drug-likeness (QED) is 0.0415. The van der Waals surface area contributed by atoms with E-state index in [1.54, 1.807) is 24.3 Å². The monoisotopic (exact) mass is 926 g/mol. The van der Waals surface area contributed by atoms with Crippen LogP contribution in [0.25, 0.3) is 0 Å². The maximum absolute atomic E-state index is 13.1. The number of anilines is 1. The first-order chi connectivity index (χ1) is 30.9. The fourth-order valence-electron chi connectivity index (χ4n) is 8.03. The van der Waals surface area contributed by atoms with Gasteiger partial charge in [-0.05, 0) is 118 Å². The summed E-state index contributed by atoms with van der Waals surface area (Å²) >= 11 is 0. The van der Waals surface area contributed by atoms with Crippen molar-refractivity contribution >= 4 is 47.2 Å². The van der Waals surface area contributed by atoms with Gasteiger partial charge in [-0.25, -0.2) is 4.79 Å². The average Bonchev–Trinajstić information content (AvgIpc) is 3.51. The number of hydrogen-bond acceptors (Lipinski definition) is 8. The normalized spacial score (nSPS) is 17.3. The van der Waals surface area contributed by atoms with Gasteiger partial charge >= 0.3 is 12.0 Å². The zero-order valence-corrected chi connectivity index (χ0v) is 42.6. The van der Waals surface area contributed by atoms with E-state index < -0.39 is 23.9 Å². The Labute approximate surface area is 396 Å². The van der Waals surface area contributed by atoms with Gasteiger partial charge in [0, 0.05) is 55.7 Å². The molecule has 1 aromatic carbocycles. The Hall–Kier alpha value is -4.95. The highest BCUT2D eigenvalue weighted by atomic mass is 16.5. The maximum atomic E-state index is 13.1. The Morgan fingerprint density at radius 3 is 2.05 bits per heavy atom. The fraction of sp³-hybridized carbons (Fsp3) is 0.706. The van der Waals surface area contributed by atoms with Crippen LogP contribution in [0, 0.1) is 35.0 Å². The summed E-state index contributed by atoms with van der Waals surface area (Å²) in [6.45, 7) is 29.2. The summed E-state index contributed by atoms with van der Waals surface area (Å²) in [5.41, 5.74) is 6.66. The number of nitrogens with one attached hydrogen (secondary N) is 5. The predicted octanol–water partition coefficient (Wildman–Crippen LogP) is 8.12. The Kier molecular flexibility index (Phi) is 26.5. The first-order valence-corrected chi connectivity index (χ1v) is 24.4. The van der Waals surface area contributed by atoms with Gasteiger partial charge in [0.2, 0.25) is 29.5 Å². The van der Waals surface area contributed by atoms with Crippen LogP contribution in [-0.2, 0) is 40.1 Å². The number of amides is 7. The van der Waals surface area contributed by atoms with Gasteiger partial charge in [0.1, 0.15) is 12.6 Å². The minimum Gasteiger partial charge on any atom is -0.461 e. The number of allylic oxidation sites excluding steroid dienone is 1. The minimum absolute atomic E-state index is 0.0324. The summed E-state index contributed by atoms with van der Waals surface area (Å²) in [5, 5.41) is 13.9. The number of esters is 1. The van der Waals surface area contributed by atoms with Crippen molar-refractivity contribution < 1.29 is 38.3 Å². The van der Waals surface area contributed by atoms with Crippen LogP contribution in [0.5, 0.6) is 0 Å². The molecule has 2 unspecified atom stereocenters. The van der Waals surface area contributed by atoms with Crippen molar-refractivity contribution in [1.82, 2.24) is 26.2 Å². The number of primary amides is 1. The van der Waals surface area contributed by atoms with Crippen molar-refractivity contribution in [3.05, 3.63) is 42.1 Å². The first-order valence-electron chi connectivity index (χ1n) is 24.4. The third-order valence-corrected chi connectivity index (χ3v) is 12.4. The second-order valence-electron chi connectivity index (χ2n) is 19.7. The second kappa shape index (κ2) is 29.6. The van der Waals surface area contributed by atoms with Gasteiger partial charge in [-0.2, -0.15) is 0 Å². The lowest BCUT2D eigenvalue weighted by atomic mass is 9.59. The van der Waals surface area contributed by atoms with Crippen LogP contribution in [0.3, 0.4) is 0 Å². The van der Waals surface area contributed by atoms with Gasteiger partial charge in [-0.15, -0.1) is 0 Å². The van der Waals surface area contributed by atoms with E-state index >= 15 is 0 Å². The van der Waals surface area contributed by atoms with Crippen LogP contribution in [0.2, 0.25) is 0 Å². The van der Waals surface area contributed by atoms with Crippen LogP contribution in [0.15, 0.2) is 36.5 Å². The maximum Gasteiger partial charge on any atom is 0.312 e. The lowest BCUT2D eigenvalue weighted by Gasteiger charge is -2.46. The van der Waals surface area contributed by atoms with Crippen molar-refractivity contribution in [3.8, 4) is 0 Å². The molecule has 1 aliphatic heterocycles. The number of unbranched alkanes of at least 4 members (excludes halogenated alkanes) is 2. The lowest BCUT2D eigenvalue weighted by molar-refractivity contribution is -0.142. The van der Waals surface area contributed by atoms with Crippen molar-refractivity contribution in [1.29, 1.82) is 0 Å². The van der Waals surface area contributed by atoms with Gasteiger partial charge in [0.05, 0.1) is 6.54 Å². The molecule has 1 heterocycles. The van der Waals surface area contributed by atoms with Crippen molar-refractivity contribution in [2.75, 3.05) is 25.0 Å². The van der Waals surface area contributed by atoms with E-state index in [0.29, 0.717) is 55.8 Å². The standard InChI is InChI=1S/C45H71N5O7.C4H10N2O.C2H6/c1-29(2)37-24-31(5)50(43(37)56)23-13-11-12-14-39(53)49-45(9,10)22-19-34-25-35(26-34)44(7,8)21-20-38(52)48-41(30(3)4)42(55)46-27-40(54)47-36-17-15-33(16-18-36)28-57-32(6)51;1-2-3-6-4(5)7;1-2/h15-18,29-30,34-35,37,41H,5,11-14,19-28H2,1-4,6-10H3,(H,46,55)(H,47,54)(H,48,52)(H,49,53);2-3H2,1H3,(H3,5,6,7);1-2H3. The molecule has 0 radical (unpaired) electrons. The zero-order valence-electron chi connectivity index (χ0n) is 42.6. The number of nitrogens with zero attached hydrogens (tertiary/aromatic N) is 1. The molecule has 0 bridgehead atoms. The van der Waals surface area contributed by atoms with E-state index in [-0.39, 0.29) is 59.6 Å². The number of ether oxygens (including phenoxy) is 1. The SMILES string of the molecule is C=C1CC(C(C)C)C(=O)N1CCCCCC(=O)NC(C)(C)CCC1CC(C(C)(C)CCC(=O)NC(C(=O)NCC(=O)Nc2ccc(COC(C)=O)cc2)C(C)C)C1.CC.CCCNC(N)=O. The predicted molar refractivity (Wildman–Crippen MR) is 262 cm³/mol. The molecule has 0 aromatic heterocycles. The zero-order chi connectivity index (χ0) is 50.2. The number of carbonyl (C=O) groups excluding carboxylic acids is 7.